The maximum Gasteiger partial charge on any atom is 0.256 e. The molecule has 2 rings (SSSR count). The molecule has 1 N–H and O–H groups in total. The highest BCUT2D eigenvalue weighted by Gasteiger charge is 2.13. The molecule has 2 aromatic rings. The zero-order valence-corrected chi connectivity index (χ0v) is 13.9. The van der Waals surface area contributed by atoms with Crippen molar-refractivity contribution in [1.29, 1.82) is 0 Å². The van der Waals surface area contributed by atoms with Crippen LogP contribution in [-0.2, 0) is 0 Å². The highest BCUT2D eigenvalue weighted by Crippen LogP contribution is 2.26. The van der Waals surface area contributed by atoms with E-state index < -0.39 is 0 Å². The second-order valence-electron chi connectivity index (χ2n) is 5.08. The van der Waals surface area contributed by atoms with Gasteiger partial charge in [0.25, 0.3) is 5.91 Å². The summed E-state index contributed by atoms with van der Waals surface area (Å²) in [6, 6.07) is 13.1. The molecule has 0 aliphatic heterocycles. The number of ether oxygens (including phenoxy) is 1. The van der Waals surface area contributed by atoms with Gasteiger partial charge in [-0.3, -0.25) is 4.79 Å². The van der Waals surface area contributed by atoms with E-state index in [4.69, 9.17) is 4.74 Å². The number of hydrogen-bond acceptors (Lipinski definition) is 2. The van der Waals surface area contributed by atoms with Crippen molar-refractivity contribution >= 4 is 27.5 Å². The number of anilines is 1. The zero-order chi connectivity index (χ0) is 15.4. The summed E-state index contributed by atoms with van der Waals surface area (Å²) >= 11 is 3.39. The van der Waals surface area contributed by atoms with E-state index >= 15 is 0 Å². The van der Waals surface area contributed by atoms with Crippen LogP contribution in [0.25, 0.3) is 0 Å². The average molecular weight is 348 g/mol. The number of halogens is 1. The first-order valence-electron chi connectivity index (χ1n) is 6.80. The maximum atomic E-state index is 12.4. The summed E-state index contributed by atoms with van der Waals surface area (Å²) in [5.74, 6) is 0.530. The van der Waals surface area contributed by atoms with E-state index in [0.29, 0.717) is 17.0 Å². The number of carbonyl (C=O) groups is 1. The van der Waals surface area contributed by atoms with Crippen molar-refractivity contribution in [3.8, 4) is 5.75 Å². The smallest absolute Gasteiger partial charge is 0.256 e. The number of para-hydroxylation sites is 2. The van der Waals surface area contributed by atoms with Gasteiger partial charge in [-0.1, -0.05) is 34.1 Å². The minimum Gasteiger partial charge on any atom is -0.489 e. The number of nitrogens with one attached hydrogen (secondary N) is 1. The molecule has 0 radical (unpaired) electrons. The molecule has 0 saturated carbocycles. The summed E-state index contributed by atoms with van der Waals surface area (Å²) in [6.45, 7) is 5.83. The summed E-state index contributed by atoms with van der Waals surface area (Å²) in [5.41, 5.74) is 2.25. The third-order valence-electron chi connectivity index (χ3n) is 2.94. The van der Waals surface area contributed by atoms with Crippen LogP contribution >= 0.6 is 15.9 Å². The summed E-state index contributed by atoms with van der Waals surface area (Å²) in [4.78, 5) is 12.4. The summed E-state index contributed by atoms with van der Waals surface area (Å²) in [6.07, 6.45) is 0.0515. The molecule has 1 amide bonds. The van der Waals surface area contributed by atoms with E-state index in [1.807, 2.05) is 63.2 Å². The van der Waals surface area contributed by atoms with E-state index in [1.165, 1.54) is 0 Å². The van der Waals surface area contributed by atoms with E-state index in [-0.39, 0.29) is 12.0 Å². The number of rotatable bonds is 4. The molecule has 0 aromatic heterocycles. The first kappa shape index (κ1) is 15.6. The number of carbonyl (C=O) groups excluding carboxylic acids is 1. The third kappa shape index (κ3) is 4.08. The van der Waals surface area contributed by atoms with Crippen LogP contribution < -0.4 is 10.1 Å². The van der Waals surface area contributed by atoms with Crippen LogP contribution in [0.5, 0.6) is 5.75 Å². The van der Waals surface area contributed by atoms with Gasteiger partial charge in [-0.05, 0) is 50.6 Å². The van der Waals surface area contributed by atoms with Gasteiger partial charge in [0, 0.05) is 10.0 Å². The Balaban J connectivity index is 2.25. The van der Waals surface area contributed by atoms with Crippen LogP contribution in [0.2, 0.25) is 0 Å². The lowest BCUT2D eigenvalue weighted by Crippen LogP contribution is -2.15. The summed E-state index contributed by atoms with van der Waals surface area (Å²) < 4.78 is 6.59. The first-order chi connectivity index (χ1) is 9.97. The zero-order valence-electron chi connectivity index (χ0n) is 12.3. The van der Waals surface area contributed by atoms with Crippen molar-refractivity contribution in [1.82, 2.24) is 0 Å². The molecule has 0 heterocycles. The fourth-order valence-electron chi connectivity index (χ4n) is 1.96. The number of benzene rings is 2. The summed E-state index contributed by atoms with van der Waals surface area (Å²) in [7, 11) is 0. The van der Waals surface area contributed by atoms with E-state index in [1.54, 1.807) is 0 Å². The third-order valence-corrected chi connectivity index (χ3v) is 3.44. The van der Waals surface area contributed by atoms with Gasteiger partial charge in [0.2, 0.25) is 0 Å². The molecule has 0 atom stereocenters. The van der Waals surface area contributed by atoms with Crippen LogP contribution in [0.15, 0.2) is 46.9 Å². The van der Waals surface area contributed by atoms with Crippen molar-refractivity contribution in [2.24, 2.45) is 0 Å². The normalized spacial score (nSPS) is 10.5. The van der Waals surface area contributed by atoms with Gasteiger partial charge >= 0.3 is 0 Å². The Morgan fingerprint density at radius 1 is 1.19 bits per heavy atom. The molecule has 2 aromatic carbocycles. The minimum absolute atomic E-state index is 0.0515. The van der Waals surface area contributed by atoms with Crippen molar-refractivity contribution in [3.63, 3.8) is 0 Å². The molecule has 0 fully saturated rings. The first-order valence-corrected chi connectivity index (χ1v) is 7.60. The topological polar surface area (TPSA) is 38.3 Å². The Labute approximate surface area is 133 Å². The van der Waals surface area contributed by atoms with E-state index in [2.05, 4.69) is 21.2 Å². The van der Waals surface area contributed by atoms with E-state index in [9.17, 15) is 4.79 Å². The molecule has 0 saturated heterocycles. The Hall–Kier alpha value is -1.81. The molecule has 0 aliphatic carbocycles. The van der Waals surface area contributed by atoms with E-state index in [0.717, 1.165) is 10.0 Å². The Bertz CT molecular complexity index is 653. The van der Waals surface area contributed by atoms with Crippen molar-refractivity contribution in [2.75, 3.05) is 5.32 Å². The lowest BCUT2D eigenvalue weighted by molar-refractivity contribution is 0.102. The van der Waals surface area contributed by atoms with Crippen LogP contribution in [0.4, 0.5) is 5.69 Å². The Kier molecular flexibility index (Phi) is 5.02. The molecule has 110 valence electrons. The van der Waals surface area contributed by atoms with Crippen molar-refractivity contribution in [3.05, 3.63) is 58.1 Å². The molecular formula is C17H18BrNO2. The van der Waals surface area contributed by atoms with Crippen molar-refractivity contribution in [2.45, 2.75) is 26.9 Å². The predicted octanol–water partition coefficient (Wildman–Crippen LogP) is 4.80. The van der Waals surface area contributed by atoms with Crippen LogP contribution in [0.3, 0.4) is 0 Å². The molecule has 4 heteroatoms. The summed E-state index contributed by atoms with van der Waals surface area (Å²) in [5, 5.41) is 2.92. The Morgan fingerprint density at radius 3 is 2.62 bits per heavy atom. The quantitative estimate of drug-likeness (QED) is 0.862. The molecule has 21 heavy (non-hydrogen) atoms. The number of amides is 1. The SMILES string of the molecule is Cc1ccc(Br)cc1C(=O)Nc1ccccc1OC(C)C. The number of aryl methyl sites for hydroxylation is 1. The standard InChI is InChI=1S/C17H18BrNO2/c1-11(2)21-16-7-5-4-6-15(16)19-17(20)14-10-13(18)9-8-12(14)3/h4-11H,1-3H3,(H,19,20). The van der Waals surface area contributed by atoms with Gasteiger partial charge in [0.15, 0.2) is 0 Å². The largest absolute Gasteiger partial charge is 0.489 e. The van der Waals surface area contributed by atoms with Gasteiger partial charge in [0.1, 0.15) is 5.75 Å². The molecule has 0 spiro atoms. The fraction of sp³-hybridized carbons (Fsp3) is 0.235. The van der Waals surface area contributed by atoms with Crippen LogP contribution in [-0.4, -0.2) is 12.0 Å². The minimum atomic E-state index is -0.145. The average Bonchev–Trinajstić information content (AvgIpc) is 2.43. The fourth-order valence-corrected chi connectivity index (χ4v) is 2.32. The van der Waals surface area contributed by atoms with Gasteiger partial charge in [-0.15, -0.1) is 0 Å². The van der Waals surface area contributed by atoms with Crippen molar-refractivity contribution < 1.29 is 9.53 Å². The lowest BCUT2D eigenvalue weighted by atomic mass is 10.1. The predicted molar refractivity (Wildman–Crippen MR) is 89.0 cm³/mol. The molecule has 0 aliphatic rings. The second-order valence-corrected chi connectivity index (χ2v) is 5.99. The molecule has 0 bridgehead atoms. The van der Waals surface area contributed by atoms with Gasteiger partial charge in [-0.25, -0.2) is 0 Å². The number of hydrogen-bond donors (Lipinski definition) is 1. The van der Waals surface area contributed by atoms with Gasteiger partial charge in [-0.2, -0.15) is 0 Å². The van der Waals surface area contributed by atoms with Crippen LogP contribution in [0, 0.1) is 6.92 Å². The molecule has 3 nitrogen and oxygen atoms in total. The Morgan fingerprint density at radius 2 is 1.90 bits per heavy atom. The lowest BCUT2D eigenvalue weighted by Gasteiger charge is -2.15. The van der Waals surface area contributed by atoms with Gasteiger partial charge in [0.05, 0.1) is 11.8 Å². The molecular weight excluding hydrogens is 330 g/mol. The highest BCUT2D eigenvalue weighted by molar-refractivity contribution is 9.10. The van der Waals surface area contributed by atoms with Gasteiger partial charge < -0.3 is 10.1 Å². The monoisotopic (exact) mass is 347 g/mol. The highest BCUT2D eigenvalue weighted by atomic mass is 79.9. The van der Waals surface area contributed by atoms with Crippen LogP contribution in [0.1, 0.15) is 29.8 Å². The second kappa shape index (κ2) is 6.76. The molecule has 0 unspecified atom stereocenters. The maximum absolute atomic E-state index is 12.4.